The zero-order valence-corrected chi connectivity index (χ0v) is 13.6. The number of fused-ring (bicyclic) bond motifs is 1. The van der Waals surface area contributed by atoms with Gasteiger partial charge >= 0.3 is 0 Å². The monoisotopic (exact) mass is 294 g/mol. The summed E-state index contributed by atoms with van der Waals surface area (Å²) in [4.78, 5) is 0. The van der Waals surface area contributed by atoms with Crippen molar-refractivity contribution in [2.75, 3.05) is 14.2 Å². The standard InChI is InChI=1S/C20H22O2/c1-13(2)19-17(14-8-6-5-7-9-14)11-15-10-16(21-3)12-18(22-4)20(15)19/h5-13,19H,1-4H3. The van der Waals surface area contributed by atoms with Crippen LogP contribution in [0, 0.1) is 5.92 Å². The van der Waals surface area contributed by atoms with Gasteiger partial charge in [0.2, 0.25) is 0 Å². The first-order valence-electron chi connectivity index (χ1n) is 7.68. The van der Waals surface area contributed by atoms with Crippen molar-refractivity contribution in [2.24, 2.45) is 5.92 Å². The van der Waals surface area contributed by atoms with Crippen molar-refractivity contribution in [3.8, 4) is 11.5 Å². The molecular weight excluding hydrogens is 272 g/mol. The fourth-order valence-electron chi connectivity index (χ4n) is 3.36. The highest BCUT2D eigenvalue weighted by atomic mass is 16.5. The predicted octanol–water partition coefficient (Wildman–Crippen LogP) is 5.00. The van der Waals surface area contributed by atoms with E-state index in [0.29, 0.717) is 11.8 Å². The van der Waals surface area contributed by atoms with Crippen LogP contribution >= 0.6 is 0 Å². The highest BCUT2D eigenvalue weighted by Gasteiger charge is 2.32. The average Bonchev–Trinajstić information content (AvgIpc) is 2.94. The molecule has 1 atom stereocenters. The molecule has 0 spiro atoms. The van der Waals surface area contributed by atoms with Crippen molar-refractivity contribution in [1.82, 2.24) is 0 Å². The molecule has 0 fully saturated rings. The van der Waals surface area contributed by atoms with E-state index in [-0.39, 0.29) is 0 Å². The van der Waals surface area contributed by atoms with Gasteiger partial charge in [0.05, 0.1) is 14.2 Å². The molecule has 1 aliphatic carbocycles. The number of hydrogen-bond donors (Lipinski definition) is 0. The van der Waals surface area contributed by atoms with Crippen LogP contribution in [0.5, 0.6) is 11.5 Å². The number of allylic oxidation sites excluding steroid dienone is 1. The van der Waals surface area contributed by atoms with E-state index in [1.807, 2.05) is 6.07 Å². The summed E-state index contributed by atoms with van der Waals surface area (Å²) in [7, 11) is 3.42. The third-order valence-electron chi connectivity index (χ3n) is 4.33. The Balaban J connectivity index is 2.18. The molecule has 114 valence electrons. The molecular formula is C20H22O2. The lowest BCUT2D eigenvalue weighted by Crippen LogP contribution is -2.08. The summed E-state index contributed by atoms with van der Waals surface area (Å²) in [5.74, 6) is 2.59. The molecule has 0 heterocycles. The second-order valence-corrected chi connectivity index (χ2v) is 6.02. The van der Waals surface area contributed by atoms with Gasteiger partial charge in [-0.05, 0) is 34.8 Å². The van der Waals surface area contributed by atoms with Gasteiger partial charge in [0.15, 0.2) is 0 Å². The summed E-state index contributed by atoms with van der Waals surface area (Å²) < 4.78 is 11.1. The number of ether oxygens (including phenoxy) is 2. The third-order valence-corrected chi connectivity index (χ3v) is 4.33. The molecule has 1 unspecified atom stereocenters. The van der Waals surface area contributed by atoms with Crippen molar-refractivity contribution < 1.29 is 9.47 Å². The highest BCUT2D eigenvalue weighted by Crippen LogP contribution is 2.50. The lowest BCUT2D eigenvalue weighted by Gasteiger charge is -2.23. The first-order valence-corrected chi connectivity index (χ1v) is 7.68. The molecule has 0 amide bonds. The van der Waals surface area contributed by atoms with Crippen LogP contribution in [-0.4, -0.2) is 14.2 Å². The van der Waals surface area contributed by atoms with Crippen LogP contribution in [0.25, 0.3) is 11.6 Å². The molecule has 0 aliphatic heterocycles. The van der Waals surface area contributed by atoms with Gasteiger partial charge in [0.1, 0.15) is 11.5 Å². The predicted molar refractivity (Wildman–Crippen MR) is 91.4 cm³/mol. The fourth-order valence-corrected chi connectivity index (χ4v) is 3.36. The van der Waals surface area contributed by atoms with Crippen molar-refractivity contribution in [1.29, 1.82) is 0 Å². The maximum atomic E-state index is 5.65. The van der Waals surface area contributed by atoms with Gasteiger partial charge in [0.25, 0.3) is 0 Å². The minimum atomic E-state index is 0.346. The molecule has 0 saturated carbocycles. The summed E-state index contributed by atoms with van der Waals surface area (Å²) in [6, 6.07) is 14.7. The fraction of sp³-hybridized carbons (Fsp3) is 0.300. The lowest BCUT2D eigenvalue weighted by molar-refractivity contribution is 0.387. The van der Waals surface area contributed by atoms with E-state index in [1.165, 1.54) is 22.3 Å². The Hall–Kier alpha value is -2.22. The first-order chi connectivity index (χ1) is 10.7. The molecule has 2 heteroatoms. The highest BCUT2D eigenvalue weighted by molar-refractivity contribution is 5.93. The Morgan fingerprint density at radius 1 is 0.955 bits per heavy atom. The Morgan fingerprint density at radius 3 is 2.27 bits per heavy atom. The Morgan fingerprint density at radius 2 is 1.68 bits per heavy atom. The Kier molecular flexibility index (Phi) is 3.93. The van der Waals surface area contributed by atoms with E-state index in [2.05, 4.69) is 56.3 Å². The molecule has 2 aromatic rings. The van der Waals surface area contributed by atoms with E-state index in [4.69, 9.17) is 9.47 Å². The SMILES string of the molecule is COc1cc2c(c(OC)c1)C(C(C)C)C(c1ccccc1)=C2. The summed E-state index contributed by atoms with van der Waals surface area (Å²) >= 11 is 0. The zero-order valence-electron chi connectivity index (χ0n) is 13.6. The van der Waals surface area contributed by atoms with Crippen LogP contribution in [0.2, 0.25) is 0 Å². The molecule has 2 aromatic carbocycles. The van der Waals surface area contributed by atoms with Crippen LogP contribution < -0.4 is 9.47 Å². The van der Waals surface area contributed by atoms with E-state index < -0.39 is 0 Å². The smallest absolute Gasteiger partial charge is 0.126 e. The topological polar surface area (TPSA) is 18.5 Å². The van der Waals surface area contributed by atoms with Crippen molar-refractivity contribution in [3.63, 3.8) is 0 Å². The van der Waals surface area contributed by atoms with Crippen LogP contribution in [0.15, 0.2) is 42.5 Å². The van der Waals surface area contributed by atoms with Crippen LogP contribution in [0.3, 0.4) is 0 Å². The molecule has 3 rings (SSSR count). The average molecular weight is 294 g/mol. The molecule has 22 heavy (non-hydrogen) atoms. The second kappa shape index (κ2) is 5.88. The summed E-state index contributed by atoms with van der Waals surface area (Å²) in [5.41, 5.74) is 5.11. The second-order valence-electron chi connectivity index (χ2n) is 6.02. The minimum Gasteiger partial charge on any atom is -0.497 e. The van der Waals surface area contributed by atoms with E-state index in [0.717, 1.165) is 11.5 Å². The van der Waals surface area contributed by atoms with Crippen LogP contribution in [-0.2, 0) is 0 Å². The number of rotatable bonds is 4. The Labute approximate surface area is 132 Å². The molecule has 0 bridgehead atoms. The zero-order chi connectivity index (χ0) is 15.7. The number of hydrogen-bond acceptors (Lipinski definition) is 2. The van der Waals surface area contributed by atoms with E-state index in [9.17, 15) is 0 Å². The molecule has 0 aromatic heterocycles. The van der Waals surface area contributed by atoms with Gasteiger partial charge < -0.3 is 9.47 Å². The van der Waals surface area contributed by atoms with E-state index in [1.54, 1.807) is 14.2 Å². The molecule has 1 aliphatic rings. The molecule has 0 radical (unpaired) electrons. The van der Waals surface area contributed by atoms with Crippen molar-refractivity contribution in [2.45, 2.75) is 19.8 Å². The minimum absolute atomic E-state index is 0.346. The van der Waals surface area contributed by atoms with Crippen molar-refractivity contribution in [3.05, 3.63) is 59.2 Å². The van der Waals surface area contributed by atoms with Gasteiger partial charge in [-0.25, -0.2) is 0 Å². The quantitative estimate of drug-likeness (QED) is 0.790. The van der Waals surface area contributed by atoms with Crippen LogP contribution in [0.4, 0.5) is 0 Å². The normalized spacial score (nSPS) is 16.4. The molecule has 0 saturated heterocycles. The van der Waals surface area contributed by atoms with Gasteiger partial charge in [-0.1, -0.05) is 44.2 Å². The van der Waals surface area contributed by atoms with Crippen LogP contribution in [0.1, 0.15) is 36.5 Å². The van der Waals surface area contributed by atoms with Gasteiger partial charge in [0, 0.05) is 17.5 Å². The van der Waals surface area contributed by atoms with Gasteiger partial charge in [-0.15, -0.1) is 0 Å². The van der Waals surface area contributed by atoms with Crippen molar-refractivity contribution >= 4 is 11.6 Å². The maximum Gasteiger partial charge on any atom is 0.126 e. The summed E-state index contributed by atoms with van der Waals surface area (Å²) in [6.07, 6.45) is 2.28. The largest absolute Gasteiger partial charge is 0.497 e. The first kappa shape index (κ1) is 14.7. The molecule has 0 N–H and O–H groups in total. The summed E-state index contributed by atoms with van der Waals surface area (Å²) in [6.45, 7) is 4.53. The third kappa shape index (κ3) is 2.39. The molecule has 2 nitrogen and oxygen atoms in total. The van der Waals surface area contributed by atoms with E-state index >= 15 is 0 Å². The lowest BCUT2D eigenvalue weighted by atomic mass is 9.82. The van der Waals surface area contributed by atoms with Gasteiger partial charge in [-0.2, -0.15) is 0 Å². The summed E-state index contributed by atoms with van der Waals surface area (Å²) in [5, 5.41) is 0. The number of methoxy groups -OCH3 is 2. The Bertz CT molecular complexity index is 699. The number of benzene rings is 2. The van der Waals surface area contributed by atoms with Gasteiger partial charge in [-0.3, -0.25) is 0 Å². The maximum absolute atomic E-state index is 5.65.